The summed E-state index contributed by atoms with van der Waals surface area (Å²) in [6.45, 7) is 7.53. The number of anilines is 1. The van der Waals surface area contributed by atoms with E-state index in [1.165, 1.54) is 6.07 Å². The van der Waals surface area contributed by atoms with Crippen molar-refractivity contribution in [1.82, 2.24) is 15.2 Å². The van der Waals surface area contributed by atoms with Gasteiger partial charge in [0.1, 0.15) is 11.9 Å². The van der Waals surface area contributed by atoms with Gasteiger partial charge in [0, 0.05) is 37.9 Å². The molecular formula is C24H29F3N4O2. The number of carbonyl (C=O) groups is 2. The highest BCUT2D eigenvalue weighted by Gasteiger charge is 2.32. The minimum atomic E-state index is -4.43. The minimum Gasteiger partial charge on any atom is -0.353 e. The first kappa shape index (κ1) is 24.5. The summed E-state index contributed by atoms with van der Waals surface area (Å²) in [5.41, 5.74) is 0.585. The summed E-state index contributed by atoms with van der Waals surface area (Å²) in [5.74, 6) is 0.223. The van der Waals surface area contributed by atoms with Crippen LogP contribution in [-0.4, -0.2) is 53.9 Å². The van der Waals surface area contributed by atoms with Gasteiger partial charge in [0.05, 0.1) is 5.56 Å². The van der Waals surface area contributed by atoms with Gasteiger partial charge in [0.15, 0.2) is 0 Å². The van der Waals surface area contributed by atoms with E-state index in [2.05, 4.69) is 10.3 Å². The molecule has 2 aromatic rings. The Morgan fingerprint density at radius 2 is 1.73 bits per heavy atom. The van der Waals surface area contributed by atoms with E-state index in [1.807, 2.05) is 37.8 Å². The number of aryl methyl sites for hydroxylation is 1. The normalized spacial score (nSPS) is 15.5. The van der Waals surface area contributed by atoms with Crippen LogP contribution in [0.2, 0.25) is 0 Å². The van der Waals surface area contributed by atoms with Crippen molar-refractivity contribution in [1.29, 1.82) is 0 Å². The third-order valence-electron chi connectivity index (χ3n) is 5.69. The van der Waals surface area contributed by atoms with E-state index in [0.717, 1.165) is 17.8 Å². The zero-order chi connectivity index (χ0) is 24.2. The molecule has 0 aliphatic carbocycles. The van der Waals surface area contributed by atoms with Crippen molar-refractivity contribution in [2.45, 2.75) is 39.4 Å². The summed E-state index contributed by atoms with van der Waals surface area (Å²) in [5, 5.41) is 2.90. The fraction of sp³-hybridized carbons (Fsp3) is 0.458. The molecule has 0 radical (unpaired) electrons. The molecule has 1 aromatic heterocycles. The van der Waals surface area contributed by atoms with Crippen LogP contribution in [0, 0.1) is 12.8 Å². The van der Waals surface area contributed by atoms with E-state index in [0.29, 0.717) is 44.0 Å². The van der Waals surface area contributed by atoms with Crippen molar-refractivity contribution in [3.8, 4) is 0 Å². The molecule has 1 aliphatic rings. The number of hydrogen-bond donors (Lipinski definition) is 1. The second-order valence-corrected chi connectivity index (χ2v) is 8.69. The average Bonchev–Trinajstić information content (AvgIpc) is 2.77. The van der Waals surface area contributed by atoms with Crippen LogP contribution >= 0.6 is 0 Å². The molecule has 0 spiro atoms. The molecule has 1 aromatic carbocycles. The van der Waals surface area contributed by atoms with Crippen LogP contribution in [-0.2, 0) is 11.0 Å². The Labute approximate surface area is 191 Å². The fourth-order valence-corrected chi connectivity index (χ4v) is 3.87. The van der Waals surface area contributed by atoms with Gasteiger partial charge in [0.25, 0.3) is 5.91 Å². The number of nitrogens with one attached hydrogen (secondary N) is 1. The lowest BCUT2D eigenvalue weighted by Gasteiger charge is -2.37. The van der Waals surface area contributed by atoms with E-state index in [4.69, 9.17) is 0 Å². The molecular weight excluding hydrogens is 433 g/mol. The quantitative estimate of drug-likeness (QED) is 0.707. The number of hydrogen-bond acceptors (Lipinski definition) is 4. The highest BCUT2D eigenvalue weighted by atomic mass is 19.4. The zero-order valence-electron chi connectivity index (χ0n) is 19.0. The molecule has 1 aliphatic heterocycles. The van der Waals surface area contributed by atoms with Crippen LogP contribution in [0.3, 0.4) is 0 Å². The third kappa shape index (κ3) is 6.24. The van der Waals surface area contributed by atoms with E-state index < -0.39 is 17.8 Å². The highest BCUT2D eigenvalue weighted by molar-refractivity contribution is 5.98. The number of aromatic nitrogens is 1. The molecule has 0 bridgehead atoms. The van der Waals surface area contributed by atoms with Crippen LogP contribution in [0.15, 0.2) is 42.6 Å². The van der Waals surface area contributed by atoms with Gasteiger partial charge >= 0.3 is 6.18 Å². The first-order valence-electron chi connectivity index (χ1n) is 11.0. The standard InChI is InChI=1S/C24H29F3N4O2/c1-16(2)14-20(29-22(32)19-7-5-4-6-17(19)3)23(33)31-12-10-30(11-13-31)21-9-8-18(15-28-21)24(25,26)27/h4-9,15-16,20H,10-14H2,1-3H3,(H,29,32)/t20-/m1/s1. The van der Waals surface area contributed by atoms with Crippen molar-refractivity contribution in [2.24, 2.45) is 5.92 Å². The smallest absolute Gasteiger partial charge is 0.353 e. The summed E-state index contributed by atoms with van der Waals surface area (Å²) in [6, 6.07) is 8.95. The van der Waals surface area contributed by atoms with E-state index in [9.17, 15) is 22.8 Å². The van der Waals surface area contributed by atoms with Gasteiger partial charge in [-0.3, -0.25) is 9.59 Å². The predicted octanol–water partition coefficient (Wildman–Crippen LogP) is 3.90. The number of benzene rings is 1. The summed E-state index contributed by atoms with van der Waals surface area (Å²) >= 11 is 0. The summed E-state index contributed by atoms with van der Waals surface area (Å²) in [7, 11) is 0. The lowest BCUT2D eigenvalue weighted by atomic mass is 10.0. The summed E-state index contributed by atoms with van der Waals surface area (Å²) in [4.78, 5) is 33.5. The Morgan fingerprint density at radius 3 is 2.27 bits per heavy atom. The molecule has 1 saturated heterocycles. The number of piperazine rings is 1. The second kappa shape index (κ2) is 10.2. The average molecular weight is 463 g/mol. The second-order valence-electron chi connectivity index (χ2n) is 8.69. The van der Waals surface area contributed by atoms with Gasteiger partial charge in [0.2, 0.25) is 5.91 Å². The SMILES string of the molecule is Cc1ccccc1C(=O)N[C@H](CC(C)C)C(=O)N1CCN(c2ccc(C(F)(F)F)cn2)CC1. The summed E-state index contributed by atoms with van der Waals surface area (Å²) in [6.07, 6.45) is -3.09. The molecule has 1 fully saturated rings. The zero-order valence-corrected chi connectivity index (χ0v) is 19.0. The van der Waals surface area contributed by atoms with E-state index in [1.54, 1.807) is 17.0 Å². The molecule has 6 nitrogen and oxygen atoms in total. The molecule has 2 amide bonds. The Balaban J connectivity index is 1.63. The monoisotopic (exact) mass is 462 g/mol. The number of alkyl halides is 3. The Bertz CT molecular complexity index is 968. The topological polar surface area (TPSA) is 65.5 Å². The Kier molecular flexibility index (Phi) is 7.61. The van der Waals surface area contributed by atoms with Crippen molar-refractivity contribution < 1.29 is 22.8 Å². The fourth-order valence-electron chi connectivity index (χ4n) is 3.87. The number of carbonyl (C=O) groups excluding carboxylic acids is 2. The molecule has 2 heterocycles. The number of rotatable bonds is 6. The van der Waals surface area contributed by atoms with Crippen molar-refractivity contribution in [3.05, 3.63) is 59.3 Å². The summed E-state index contributed by atoms with van der Waals surface area (Å²) < 4.78 is 38.3. The molecule has 0 unspecified atom stereocenters. The minimum absolute atomic E-state index is 0.148. The Morgan fingerprint density at radius 1 is 1.06 bits per heavy atom. The third-order valence-corrected chi connectivity index (χ3v) is 5.69. The number of nitrogens with zero attached hydrogens (tertiary/aromatic N) is 3. The first-order valence-corrected chi connectivity index (χ1v) is 11.0. The van der Waals surface area contributed by atoms with Crippen molar-refractivity contribution in [2.75, 3.05) is 31.1 Å². The van der Waals surface area contributed by atoms with E-state index in [-0.39, 0.29) is 17.7 Å². The van der Waals surface area contributed by atoms with Crippen molar-refractivity contribution >= 4 is 17.6 Å². The highest BCUT2D eigenvalue weighted by Crippen LogP contribution is 2.29. The van der Waals surface area contributed by atoms with Gasteiger partial charge in [-0.1, -0.05) is 32.0 Å². The van der Waals surface area contributed by atoms with Crippen LogP contribution in [0.5, 0.6) is 0 Å². The molecule has 3 rings (SSSR count). The van der Waals surface area contributed by atoms with Gasteiger partial charge in [-0.05, 0) is 43.0 Å². The van der Waals surface area contributed by atoms with Crippen molar-refractivity contribution in [3.63, 3.8) is 0 Å². The molecule has 33 heavy (non-hydrogen) atoms. The van der Waals surface area contributed by atoms with Gasteiger partial charge < -0.3 is 15.1 Å². The van der Waals surface area contributed by atoms with Crippen LogP contribution in [0.25, 0.3) is 0 Å². The molecule has 1 atom stereocenters. The van der Waals surface area contributed by atoms with Crippen LogP contribution < -0.4 is 10.2 Å². The lowest BCUT2D eigenvalue weighted by Crippen LogP contribution is -2.55. The molecule has 1 N–H and O–H groups in total. The lowest BCUT2D eigenvalue weighted by molar-refractivity contribution is -0.138. The predicted molar refractivity (Wildman–Crippen MR) is 120 cm³/mol. The molecule has 178 valence electrons. The molecule has 0 saturated carbocycles. The van der Waals surface area contributed by atoms with Gasteiger partial charge in [-0.25, -0.2) is 4.98 Å². The van der Waals surface area contributed by atoms with Crippen LogP contribution in [0.1, 0.15) is 41.8 Å². The van der Waals surface area contributed by atoms with Gasteiger partial charge in [-0.15, -0.1) is 0 Å². The first-order chi connectivity index (χ1) is 15.6. The number of pyridine rings is 1. The number of amides is 2. The maximum atomic E-state index is 13.2. The molecule has 9 heteroatoms. The maximum absolute atomic E-state index is 13.2. The number of halogens is 3. The maximum Gasteiger partial charge on any atom is 0.417 e. The van der Waals surface area contributed by atoms with E-state index >= 15 is 0 Å². The van der Waals surface area contributed by atoms with Gasteiger partial charge in [-0.2, -0.15) is 13.2 Å². The van der Waals surface area contributed by atoms with Crippen LogP contribution in [0.4, 0.5) is 19.0 Å². The largest absolute Gasteiger partial charge is 0.417 e. The Hall–Kier alpha value is -3.10.